The number of hydrogen-bond acceptors (Lipinski definition) is 2. The predicted octanol–water partition coefficient (Wildman–Crippen LogP) is 12.5. The number of unbranched alkanes of at least 4 members (excludes halogenated alkanes) is 11. The van der Waals surface area contributed by atoms with Crippen LogP contribution in [0.1, 0.15) is 137 Å². The number of nitrogens with one attached hydrogen (secondary N) is 1. The molecule has 7 heteroatoms. The zero-order valence-corrected chi connectivity index (χ0v) is 29.4. The average molecular weight is 671 g/mol. The van der Waals surface area contributed by atoms with Gasteiger partial charge in [0.05, 0.1) is 16.4 Å². The van der Waals surface area contributed by atoms with Crippen LogP contribution in [0.5, 0.6) is 0 Å². The lowest BCUT2D eigenvalue weighted by Crippen LogP contribution is -2.25. The van der Waals surface area contributed by atoms with E-state index in [1.54, 1.807) is 4.68 Å². The third kappa shape index (κ3) is 10.4. The zero-order valence-electron chi connectivity index (χ0n) is 27.2. The van der Waals surface area contributed by atoms with Crippen LogP contribution in [0.15, 0.2) is 48.6 Å². The van der Waals surface area contributed by atoms with E-state index in [-0.39, 0.29) is 5.91 Å². The maximum Gasteiger partial charge on any atom is 0.272 e. The third-order valence-corrected chi connectivity index (χ3v) is 9.90. The van der Waals surface area contributed by atoms with E-state index in [4.69, 9.17) is 39.9 Å². The quantitative estimate of drug-likeness (QED) is 0.102. The van der Waals surface area contributed by atoms with Crippen LogP contribution in [0, 0.1) is 6.92 Å². The summed E-state index contributed by atoms with van der Waals surface area (Å²) in [7, 11) is 0. The Hall–Kier alpha value is -2.27. The molecule has 244 valence electrons. The lowest BCUT2D eigenvalue weighted by molar-refractivity contribution is 0.0947. The molecule has 1 aromatic heterocycles. The predicted molar refractivity (Wildman–Crippen MR) is 193 cm³/mol. The van der Waals surface area contributed by atoms with Gasteiger partial charge in [0.2, 0.25) is 0 Å². The number of allylic oxidation sites excluding steroid dienone is 2. The number of amides is 1. The number of nitrogens with zero attached hydrogens (tertiary/aromatic N) is 2. The number of rotatable bonds is 19. The first-order valence-corrected chi connectivity index (χ1v) is 18.3. The van der Waals surface area contributed by atoms with Crippen LogP contribution < -0.4 is 5.32 Å². The summed E-state index contributed by atoms with van der Waals surface area (Å²) in [5, 5.41) is 9.79. The van der Waals surface area contributed by atoms with E-state index in [2.05, 4.69) is 24.4 Å². The fourth-order valence-corrected chi connectivity index (χ4v) is 6.81. The minimum atomic E-state index is -0.164. The van der Waals surface area contributed by atoms with Crippen molar-refractivity contribution in [1.82, 2.24) is 15.1 Å². The number of benzene rings is 2. The molecule has 3 aromatic rings. The standard InChI is InChI=1S/C38H50Cl3N3O/c1-3-4-5-6-7-8-9-10-11-12-13-14-15-16-17-25-42-38(45)36-28(2)37(30-21-23-31(39)24-22-30)44(43-36)35-26-32(29-19-18-20-29)33(40)27-34(35)41/h9-10,21-24,26-27,29H,3-8,11-20,25H2,1-2H3,(H,42,45)/b10-9+. The second-order valence-corrected chi connectivity index (χ2v) is 13.8. The lowest BCUT2D eigenvalue weighted by atomic mass is 9.80. The Morgan fingerprint density at radius 1 is 0.867 bits per heavy atom. The maximum absolute atomic E-state index is 13.4. The molecule has 0 aliphatic heterocycles. The van der Waals surface area contributed by atoms with Gasteiger partial charge in [-0.3, -0.25) is 4.79 Å². The van der Waals surface area contributed by atoms with Crippen LogP contribution in [0.4, 0.5) is 0 Å². The van der Waals surface area contributed by atoms with Crippen molar-refractivity contribution < 1.29 is 4.79 Å². The summed E-state index contributed by atoms with van der Waals surface area (Å²) in [5.41, 5.74) is 4.77. The van der Waals surface area contributed by atoms with Gasteiger partial charge >= 0.3 is 0 Å². The summed E-state index contributed by atoms with van der Waals surface area (Å²) in [5.74, 6) is 0.265. The highest BCUT2D eigenvalue weighted by Crippen LogP contribution is 2.43. The van der Waals surface area contributed by atoms with Crippen molar-refractivity contribution in [3.05, 3.63) is 80.4 Å². The van der Waals surface area contributed by atoms with E-state index >= 15 is 0 Å². The molecule has 0 radical (unpaired) electrons. The molecule has 1 fully saturated rings. The Balaban J connectivity index is 1.30. The summed E-state index contributed by atoms with van der Waals surface area (Å²) in [6.45, 7) is 4.85. The monoisotopic (exact) mass is 669 g/mol. The molecule has 1 aliphatic rings. The molecule has 1 aliphatic carbocycles. The van der Waals surface area contributed by atoms with Crippen LogP contribution in [0.25, 0.3) is 16.9 Å². The molecule has 2 aromatic carbocycles. The normalized spacial score (nSPS) is 13.4. The van der Waals surface area contributed by atoms with Gasteiger partial charge in [-0.25, -0.2) is 4.68 Å². The Bertz CT molecular complexity index is 1390. The van der Waals surface area contributed by atoms with Gasteiger partial charge in [0.15, 0.2) is 5.69 Å². The van der Waals surface area contributed by atoms with Crippen molar-refractivity contribution in [1.29, 1.82) is 0 Å². The fraction of sp³-hybridized carbons (Fsp3) is 0.526. The highest BCUT2D eigenvalue weighted by Gasteiger charge is 2.27. The molecule has 0 bridgehead atoms. The Labute approximate surface area is 285 Å². The number of aromatic nitrogens is 2. The smallest absolute Gasteiger partial charge is 0.272 e. The SMILES string of the molecule is CCCCCCC/C=C/CCCCCCCCNC(=O)c1nn(-c2cc(C3CCC3)c(Cl)cc2Cl)c(-c2ccc(Cl)cc2)c1C. The third-order valence-electron chi connectivity index (χ3n) is 9.02. The Kier molecular flexibility index (Phi) is 14.8. The number of hydrogen-bond donors (Lipinski definition) is 1. The van der Waals surface area contributed by atoms with Crippen molar-refractivity contribution in [2.45, 2.75) is 122 Å². The summed E-state index contributed by atoms with van der Waals surface area (Å²) in [6.07, 6.45) is 24.4. The molecule has 0 unspecified atom stereocenters. The average Bonchev–Trinajstić information content (AvgIpc) is 3.34. The van der Waals surface area contributed by atoms with Crippen molar-refractivity contribution in [3.8, 4) is 16.9 Å². The van der Waals surface area contributed by atoms with Gasteiger partial charge in [-0.05, 0) is 87.6 Å². The van der Waals surface area contributed by atoms with Gasteiger partial charge in [0, 0.05) is 27.7 Å². The van der Waals surface area contributed by atoms with Gasteiger partial charge in [-0.1, -0.05) is 124 Å². The molecule has 4 nitrogen and oxygen atoms in total. The van der Waals surface area contributed by atoms with E-state index in [1.807, 2.05) is 43.3 Å². The molecule has 1 saturated carbocycles. The first kappa shape index (κ1) is 35.6. The van der Waals surface area contributed by atoms with Crippen LogP contribution in [0.3, 0.4) is 0 Å². The Morgan fingerprint density at radius 3 is 2.11 bits per heavy atom. The molecule has 4 rings (SSSR count). The second-order valence-electron chi connectivity index (χ2n) is 12.5. The number of carbonyl (C=O) groups excluding carboxylic acids is 1. The number of carbonyl (C=O) groups is 1. The molecule has 1 amide bonds. The van der Waals surface area contributed by atoms with Crippen LogP contribution in [0.2, 0.25) is 15.1 Å². The first-order valence-electron chi connectivity index (χ1n) is 17.2. The summed E-state index contributed by atoms with van der Waals surface area (Å²) >= 11 is 19.6. The number of halogens is 3. The molecule has 0 atom stereocenters. The van der Waals surface area contributed by atoms with Crippen LogP contribution in [-0.4, -0.2) is 22.2 Å². The van der Waals surface area contributed by atoms with Gasteiger partial charge < -0.3 is 5.32 Å². The maximum atomic E-state index is 13.4. The van der Waals surface area contributed by atoms with E-state index in [0.29, 0.717) is 33.2 Å². The van der Waals surface area contributed by atoms with Crippen molar-refractivity contribution in [2.75, 3.05) is 6.54 Å². The summed E-state index contributed by atoms with van der Waals surface area (Å²) in [4.78, 5) is 13.4. The van der Waals surface area contributed by atoms with Crippen LogP contribution >= 0.6 is 34.8 Å². The van der Waals surface area contributed by atoms with E-state index in [1.165, 1.54) is 77.0 Å². The molecule has 0 spiro atoms. The second kappa shape index (κ2) is 18.8. The topological polar surface area (TPSA) is 46.9 Å². The highest BCUT2D eigenvalue weighted by molar-refractivity contribution is 6.36. The van der Waals surface area contributed by atoms with Gasteiger partial charge in [0.25, 0.3) is 5.91 Å². The lowest BCUT2D eigenvalue weighted by Gasteiger charge is -2.27. The minimum absolute atomic E-state index is 0.164. The van der Waals surface area contributed by atoms with Gasteiger partial charge in [-0.2, -0.15) is 5.10 Å². The summed E-state index contributed by atoms with van der Waals surface area (Å²) in [6, 6.07) is 11.5. The molecule has 1 heterocycles. The van der Waals surface area contributed by atoms with E-state index in [9.17, 15) is 4.79 Å². The molecule has 1 N–H and O–H groups in total. The molecule has 0 saturated heterocycles. The van der Waals surface area contributed by atoms with Gasteiger partial charge in [-0.15, -0.1) is 0 Å². The van der Waals surface area contributed by atoms with E-state index < -0.39 is 0 Å². The Morgan fingerprint density at radius 2 is 1.49 bits per heavy atom. The molecular weight excluding hydrogens is 621 g/mol. The van der Waals surface area contributed by atoms with Crippen molar-refractivity contribution in [3.63, 3.8) is 0 Å². The highest BCUT2D eigenvalue weighted by atomic mass is 35.5. The molecular formula is C38H50Cl3N3O. The van der Waals surface area contributed by atoms with E-state index in [0.717, 1.165) is 53.8 Å². The zero-order chi connectivity index (χ0) is 32.0. The summed E-state index contributed by atoms with van der Waals surface area (Å²) < 4.78 is 1.80. The molecule has 45 heavy (non-hydrogen) atoms. The van der Waals surface area contributed by atoms with Crippen molar-refractivity contribution in [2.24, 2.45) is 0 Å². The van der Waals surface area contributed by atoms with Crippen molar-refractivity contribution >= 4 is 40.7 Å². The largest absolute Gasteiger partial charge is 0.351 e. The fourth-order valence-electron chi connectivity index (χ4n) is 6.06. The van der Waals surface area contributed by atoms with Crippen LogP contribution in [-0.2, 0) is 0 Å². The minimum Gasteiger partial charge on any atom is -0.351 e. The first-order chi connectivity index (χ1) is 21.9. The van der Waals surface area contributed by atoms with Gasteiger partial charge in [0.1, 0.15) is 0 Å².